The molecule has 2 atom stereocenters. The maximum Gasteiger partial charge on any atom is 0.244 e. The third-order valence-corrected chi connectivity index (χ3v) is 6.52. The summed E-state index contributed by atoms with van der Waals surface area (Å²) in [5, 5.41) is 2.87. The first kappa shape index (κ1) is 23.1. The first-order chi connectivity index (χ1) is 13.3. The van der Waals surface area contributed by atoms with Gasteiger partial charge in [-0.1, -0.05) is 12.1 Å². The fourth-order valence-electron chi connectivity index (χ4n) is 2.95. The molecule has 1 aliphatic heterocycles. The number of morpholine rings is 1. The molecule has 1 amide bonds. The maximum atomic E-state index is 13.9. The summed E-state index contributed by atoms with van der Waals surface area (Å²) in [6, 6.07) is 4.00. The predicted molar refractivity (Wildman–Crippen MR) is 108 cm³/mol. The molecule has 28 heavy (non-hydrogen) atoms. The fraction of sp³-hybridized carbons (Fsp3) is 0.611. The topological polar surface area (TPSA) is 87.7 Å². The molecule has 2 N–H and O–H groups in total. The number of carbonyl (C=O) groups excluding carboxylic acids is 1. The van der Waals surface area contributed by atoms with Gasteiger partial charge in [-0.2, -0.15) is 16.5 Å². The molecule has 0 radical (unpaired) electrons. The Hall–Kier alpha value is -1.20. The van der Waals surface area contributed by atoms with E-state index in [9.17, 15) is 17.6 Å². The molecule has 1 fully saturated rings. The van der Waals surface area contributed by atoms with E-state index in [0.717, 1.165) is 19.2 Å². The number of carbonyl (C=O) groups is 1. The second-order valence-corrected chi connectivity index (χ2v) is 9.38. The molecule has 1 aromatic carbocycles. The quantitative estimate of drug-likeness (QED) is 0.574. The molecule has 1 aromatic rings. The number of thioether (sulfide) groups is 1. The molecular weight excluding hydrogens is 405 g/mol. The SMILES string of the molecule is CSCCC(NS(=O)(=O)c1ccccc1F)C(=O)NC(C)CN1CCOCC1. The van der Waals surface area contributed by atoms with Gasteiger partial charge in [0.25, 0.3) is 0 Å². The molecular formula is C18H28FN3O4S2. The normalized spacial score (nSPS) is 17.8. The molecule has 0 bridgehead atoms. The summed E-state index contributed by atoms with van der Waals surface area (Å²) in [4.78, 5) is 14.4. The summed E-state index contributed by atoms with van der Waals surface area (Å²) in [5.41, 5.74) is 0. The van der Waals surface area contributed by atoms with Crippen molar-refractivity contribution in [3.05, 3.63) is 30.1 Å². The minimum atomic E-state index is -4.15. The van der Waals surface area contributed by atoms with Crippen molar-refractivity contribution in [2.24, 2.45) is 0 Å². The van der Waals surface area contributed by atoms with E-state index < -0.39 is 32.7 Å². The van der Waals surface area contributed by atoms with Crippen LogP contribution in [0.25, 0.3) is 0 Å². The number of nitrogens with zero attached hydrogens (tertiary/aromatic N) is 1. The molecule has 0 aromatic heterocycles. The second kappa shape index (κ2) is 11.1. The third-order valence-electron chi connectivity index (χ3n) is 4.38. The molecule has 7 nitrogen and oxygen atoms in total. The van der Waals surface area contributed by atoms with Gasteiger partial charge in [-0.25, -0.2) is 12.8 Å². The average molecular weight is 434 g/mol. The van der Waals surface area contributed by atoms with Crippen LogP contribution in [-0.4, -0.2) is 76.2 Å². The summed E-state index contributed by atoms with van der Waals surface area (Å²) >= 11 is 1.51. The number of hydrogen-bond donors (Lipinski definition) is 2. The zero-order valence-electron chi connectivity index (χ0n) is 16.2. The third kappa shape index (κ3) is 7.00. The van der Waals surface area contributed by atoms with Crippen LogP contribution in [0, 0.1) is 5.82 Å². The van der Waals surface area contributed by atoms with Crippen molar-refractivity contribution in [3.8, 4) is 0 Å². The van der Waals surface area contributed by atoms with Crippen LogP contribution < -0.4 is 10.0 Å². The molecule has 2 rings (SSSR count). The van der Waals surface area contributed by atoms with E-state index in [4.69, 9.17) is 4.74 Å². The number of amides is 1. The molecule has 1 aliphatic rings. The van der Waals surface area contributed by atoms with Crippen molar-refractivity contribution in [1.82, 2.24) is 14.9 Å². The van der Waals surface area contributed by atoms with Crippen molar-refractivity contribution in [1.29, 1.82) is 0 Å². The van der Waals surface area contributed by atoms with E-state index in [-0.39, 0.29) is 6.04 Å². The number of rotatable bonds is 10. The van der Waals surface area contributed by atoms with Crippen LogP contribution in [0.1, 0.15) is 13.3 Å². The Bertz CT molecular complexity index is 742. The highest BCUT2D eigenvalue weighted by Gasteiger charge is 2.28. The molecule has 2 unspecified atom stereocenters. The van der Waals surface area contributed by atoms with Crippen LogP contribution >= 0.6 is 11.8 Å². The van der Waals surface area contributed by atoms with Gasteiger partial charge in [0.05, 0.1) is 13.2 Å². The Balaban J connectivity index is 2.02. The van der Waals surface area contributed by atoms with E-state index in [1.807, 2.05) is 13.2 Å². The number of sulfonamides is 1. The van der Waals surface area contributed by atoms with E-state index >= 15 is 0 Å². The highest BCUT2D eigenvalue weighted by molar-refractivity contribution is 7.98. The van der Waals surface area contributed by atoms with Crippen molar-refractivity contribution < 1.29 is 22.3 Å². The van der Waals surface area contributed by atoms with Crippen molar-refractivity contribution in [3.63, 3.8) is 0 Å². The lowest BCUT2D eigenvalue weighted by Gasteiger charge is -2.30. The van der Waals surface area contributed by atoms with Gasteiger partial charge < -0.3 is 10.1 Å². The van der Waals surface area contributed by atoms with Gasteiger partial charge in [0.2, 0.25) is 15.9 Å². The largest absolute Gasteiger partial charge is 0.379 e. The van der Waals surface area contributed by atoms with Gasteiger partial charge in [0, 0.05) is 25.7 Å². The maximum absolute atomic E-state index is 13.9. The molecule has 0 spiro atoms. The van der Waals surface area contributed by atoms with Gasteiger partial charge >= 0.3 is 0 Å². The number of ether oxygens (including phenoxy) is 1. The van der Waals surface area contributed by atoms with Crippen LogP contribution in [0.2, 0.25) is 0 Å². The number of hydrogen-bond acceptors (Lipinski definition) is 6. The standard InChI is InChI=1S/C18H28FN3O4S2/c1-14(13-22-8-10-26-11-9-22)20-18(23)16(7-12-27-2)21-28(24,25)17-6-4-3-5-15(17)19/h3-6,14,16,21H,7-13H2,1-2H3,(H,20,23). The fourth-order valence-corrected chi connectivity index (χ4v) is 4.73. The zero-order valence-corrected chi connectivity index (χ0v) is 17.8. The van der Waals surface area contributed by atoms with Crippen LogP contribution in [0.5, 0.6) is 0 Å². The van der Waals surface area contributed by atoms with E-state index in [1.54, 1.807) is 0 Å². The first-order valence-electron chi connectivity index (χ1n) is 9.19. The molecule has 10 heteroatoms. The average Bonchev–Trinajstić information content (AvgIpc) is 2.65. The second-order valence-electron chi connectivity index (χ2n) is 6.71. The van der Waals surface area contributed by atoms with Crippen molar-refractivity contribution in [2.75, 3.05) is 44.9 Å². The smallest absolute Gasteiger partial charge is 0.244 e. The Morgan fingerprint density at radius 1 is 1.32 bits per heavy atom. The van der Waals surface area contributed by atoms with Crippen LogP contribution in [0.15, 0.2) is 29.2 Å². The Morgan fingerprint density at radius 3 is 2.64 bits per heavy atom. The summed E-state index contributed by atoms with van der Waals surface area (Å²) in [7, 11) is -4.15. The Labute approximate surface area is 170 Å². The van der Waals surface area contributed by atoms with Gasteiger partial charge in [-0.05, 0) is 37.5 Å². The summed E-state index contributed by atoms with van der Waals surface area (Å²) in [6.07, 6.45) is 2.19. The molecule has 1 heterocycles. The lowest BCUT2D eigenvalue weighted by atomic mass is 10.2. The molecule has 0 saturated carbocycles. The Kier molecular flexibility index (Phi) is 9.16. The van der Waals surface area contributed by atoms with Crippen molar-refractivity contribution in [2.45, 2.75) is 30.3 Å². The number of benzene rings is 1. The number of halogens is 1. The summed E-state index contributed by atoms with van der Waals surface area (Å²) in [6.45, 7) is 5.47. The van der Waals surface area contributed by atoms with Gasteiger partial charge in [0.15, 0.2) is 0 Å². The van der Waals surface area contributed by atoms with Crippen LogP contribution in [0.4, 0.5) is 4.39 Å². The molecule has 0 aliphatic carbocycles. The van der Waals surface area contributed by atoms with Crippen molar-refractivity contribution >= 4 is 27.7 Å². The minimum absolute atomic E-state index is 0.152. The van der Waals surface area contributed by atoms with Crippen LogP contribution in [-0.2, 0) is 19.6 Å². The highest BCUT2D eigenvalue weighted by atomic mass is 32.2. The predicted octanol–water partition coefficient (Wildman–Crippen LogP) is 1.06. The highest BCUT2D eigenvalue weighted by Crippen LogP contribution is 2.15. The summed E-state index contributed by atoms with van der Waals surface area (Å²) < 4.78 is 46.7. The van der Waals surface area contributed by atoms with Gasteiger partial charge in [0.1, 0.15) is 16.8 Å². The molecule has 158 valence electrons. The monoisotopic (exact) mass is 433 g/mol. The summed E-state index contributed by atoms with van der Waals surface area (Å²) in [5.74, 6) is -0.662. The van der Waals surface area contributed by atoms with Gasteiger partial charge in [-0.15, -0.1) is 0 Å². The van der Waals surface area contributed by atoms with E-state index in [1.165, 1.54) is 30.0 Å². The van der Waals surface area contributed by atoms with E-state index in [0.29, 0.717) is 31.9 Å². The van der Waals surface area contributed by atoms with E-state index in [2.05, 4.69) is 14.9 Å². The lowest BCUT2D eigenvalue weighted by molar-refractivity contribution is -0.123. The number of nitrogens with one attached hydrogen (secondary N) is 2. The first-order valence-corrected chi connectivity index (χ1v) is 12.1. The zero-order chi connectivity index (χ0) is 20.6. The molecule has 1 saturated heterocycles. The Morgan fingerprint density at radius 2 is 2.00 bits per heavy atom. The lowest BCUT2D eigenvalue weighted by Crippen LogP contribution is -2.52. The van der Waals surface area contributed by atoms with Gasteiger partial charge in [-0.3, -0.25) is 9.69 Å². The minimum Gasteiger partial charge on any atom is -0.379 e. The van der Waals surface area contributed by atoms with Crippen LogP contribution in [0.3, 0.4) is 0 Å².